The number of carbonyl (C=O) groups excluding carboxylic acids is 1. The Morgan fingerprint density at radius 3 is 2.32 bits per heavy atom. The minimum absolute atomic E-state index is 0.267. The zero-order chi connectivity index (χ0) is 15.5. The number of amides is 1. The number of anilines is 1. The van der Waals surface area contributed by atoms with Crippen LogP contribution in [0, 0.1) is 3.57 Å². The standard InChI is InChI=1S/C17H11ClINO2/c18-12-3-1-11(2-4-12)15-9-10-16(22-15)17(21)20-14-7-5-13(19)6-8-14/h1-10H,(H,20,21). The highest BCUT2D eigenvalue weighted by molar-refractivity contribution is 14.1. The van der Waals surface area contributed by atoms with Gasteiger partial charge in [-0.3, -0.25) is 4.79 Å². The number of halogens is 2. The van der Waals surface area contributed by atoms with Gasteiger partial charge in [0.05, 0.1) is 0 Å². The molecule has 0 aliphatic rings. The third-order valence-electron chi connectivity index (χ3n) is 3.06. The van der Waals surface area contributed by atoms with Crippen molar-refractivity contribution < 1.29 is 9.21 Å². The summed E-state index contributed by atoms with van der Waals surface area (Å²) in [5, 5.41) is 3.46. The maximum Gasteiger partial charge on any atom is 0.291 e. The van der Waals surface area contributed by atoms with Gasteiger partial charge in [-0.05, 0) is 83.3 Å². The Kier molecular flexibility index (Phi) is 4.49. The van der Waals surface area contributed by atoms with Crippen molar-refractivity contribution in [2.45, 2.75) is 0 Å². The van der Waals surface area contributed by atoms with Gasteiger partial charge in [-0.2, -0.15) is 0 Å². The lowest BCUT2D eigenvalue weighted by atomic mass is 10.2. The number of rotatable bonds is 3. The lowest BCUT2D eigenvalue weighted by molar-refractivity contribution is 0.0997. The van der Waals surface area contributed by atoms with Crippen LogP contribution >= 0.6 is 34.2 Å². The molecule has 5 heteroatoms. The molecule has 110 valence electrons. The van der Waals surface area contributed by atoms with Gasteiger partial charge in [-0.1, -0.05) is 11.6 Å². The molecule has 0 saturated heterocycles. The fourth-order valence-corrected chi connectivity index (χ4v) is 2.44. The van der Waals surface area contributed by atoms with Crippen LogP contribution in [0.3, 0.4) is 0 Å². The van der Waals surface area contributed by atoms with Crippen LogP contribution in [0.4, 0.5) is 5.69 Å². The van der Waals surface area contributed by atoms with Gasteiger partial charge < -0.3 is 9.73 Å². The highest BCUT2D eigenvalue weighted by atomic mass is 127. The van der Waals surface area contributed by atoms with E-state index in [0.717, 1.165) is 14.8 Å². The smallest absolute Gasteiger partial charge is 0.291 e. The van der Waals surface area contributed by atoms with E-state index in [4.69, 9.17) is 16.0 Å². The molecular formula is C17H11ClINO2. The minimum Gasteiger partial charge on any atom is -0.451 e. The van der Waals surface area contributed by atoms with Crippen LogP contribution in [0.5, 0.6) is 0 Å². The summed E-state index contributed by atoms with van der Waals surface area (Å²) in [6.45, 7) is 0. The molecular weight excluding hydrogens is 413 g/mol. The normalized spacial score (nSPS) is 10.5. The van der Waals surface area contributed by atoms with Crippen molar-refractivity contribution in [3.63, 3.8) is 0 Å². The van der Waals surface area contributed by atoms with E-state index in [2.05, 4.69) is 27.9 Å². The molecule has 0 aliphatic carbocycles. The summed E-state index contributed by atoms with van der Waals surface area (Å²) < 4.78 is 6.72. The highest BCUT2D eigenvalue weighted by Gasteiger charge is 2.12. The summed E-state index contributed by atoms with van der Waals surface area (Å²) >= 11 is 8.07. The topological polar surface area (TPSA) is 42.2 Å². The molecule has 3 aromatic rings. The first kappa shape index (κ1) is 15.1. The Balaban J connectivity index is 1.76. The fourth-order valence-electron chi connectivity index (χ4n) is 1.96. The second-order valence-corrected chi connectivity index (χ2v) is 6.31. The fraction of sp³-hybridized carbons (Fsp3) is 0. The third kappa shape index (κ3) is 3.51. The predicted octanol–water partition coefficient (Wildman–Crippen LogP) is 5.46. The van der Waals surface area contributed by atoms with E-state index in [0.29, 0.717) is 10.8 Å². The molecule has 1 amide bonds. The Labute approximate surface area is 146 Å². The van der Waals surface area contributed by atoms with Crippen molar-refractivity contribution in [1.82, 2.24) is 0 Å². The average Bonchev–Trinajstić information content (AvgIpc) is 3.00. The maximum atomic E-state index is 12.2. The van der Waals surface area contributed by atoms with Crippen LogP contribution in [0.2, 0.25) is 5.02 Å². The number of hydrogen-bond acceptors (Lipinski definition) is 2. The summed E-state index contributed by atoms with van der Waals surface area (Å²) in [4.78, 5) is 12.2. The van der Waals surface area contributed by atoms with Crippen LogP contribution in [-0.4, -0.2) is 5.91 Å². The Morgan fingerprint density at radius 1 is 0.955 bits per heavy atom. The quantitative estimate of drug-likeness (QED) is 0.569. The zero-order valence-corrected chi connectivity index (χ0v) is 14.3. The zero-order valence-electron chi connectivity index (χ0n) is 11.3. The number of carbonyl (C=O) groups is 1. The van der Waals surface area contributed by atoms with Gasteiger partial charge in [0.15, 0.2) is 5.76 Å². The number of furan rings is 1. The molecule has 3 rings (SSSR count). The van der Waals surface area contributed by atoms with E-state index in [1.807, 2.05) is 36.4 Å². The SMILES string of the molecule is O=C(Nc1ccc(I)cc1)c1ccc(-c2ccc(Cl)cc2)o1. The van der Waals surface area contributed by atoms with Gasteiger partial charge in [0.25, 0.3) is 5.91 Å². The van der Waals surface area contributed by atoms with Gasteiger partial charge in [0.2, 0.25) is 0 Å². The van der Waals surface area contributed by atoms with Crippen molar-refractivity contribution in [3.8, 4) is 11.3 Å². The second-order valence-electron chi connectivity index (χ2n) is 4.63. The molecule has 0 radical (unpaired) electrons. The van der Waals surface area contributed by atoms with Gasteiger partial charge in [-0.25, -0.2) is 0 Å². The summed E-state index contributed by atoms with van der Waals surface area (Å²) in [7, 11) is 0. The Morgan fingerprint density at radius 2 is 1.64 bits per heavy atom. The summed E-state index contributed by atoms with van der Waals surface area (Å²) in [5.74, 6) is 0.620. The van der Waals surface area contributed by atoms with Crippen LogP contribution < -0.4 is 5.32 Å². The molecule has 0 aliphatic heterocycles. The molecule has 0 fully saturated rings. The largest absolute Gasteiger partial charge is 0.451 e. The van der Waals surface area contributed by atoms with E-state index in [1.165, 1.54) is 0 Å². The number of nitrogens with one attached hydrogen (secondary N) is 1. The Bertz CT molecular complexity index is 794. The lowest BCUT2D eigenvalue weighted by Crippen LogP contribution is -2.10. The van der Waals surface area contributed by atoms with Crippen LogP contribution in [0.15, 0.2) is 65.1 Å². The van der Waals surface area contributed by atoms with Crippen LogP contribution in [-0.2, 0) is 0 Å². The van der Waals surface area contributed by atoms with Crippen LogP contribution in [0.25, 0.3) is 11.3 Å². The maximum absolute atomic E-state index is 12.2. The molecule has 0 atom stereocenters. The molecule has 1 heterocycles. The average molecular weight is 424 g/mol. The summed E-state index contributed by atoms with van der Waals surface area (Å²) in [6, 6.07) is 18.2. The first-order valence-electron chi connectivity index (χ1n) is 6.54. The predicted molar refractivity (Wildman–Crippen MR) is 96.3 cm³/mol. The summed E-state index contributed by atoms with van der Waals surface area (Å²) in [5.41, 5.74) is 1.60. The first-order chi connectivity index (χ1) is 10.6. The lowest BCUT2D eigenvalue weighted by Gasteiger charge is -2.03. The van der Waals surface area contributed by atoms with Gasteiger partial charge >= 0.3 is 0 Å². The molecule has 1 aromatic heterocycles. The van der Waals surface area contributed by atoms with E-state index in [-0.39, 0.29) is 11.7 Å². The van der Waals surface area contributed by atoms with Crippen molar-refractivity contribution in [2.75, 3.05) is 5.32 Å². The van der Waals surface area contributed by atoms with Crippen molar-refractivity contribution in [1.29, 1.82) is 0 Å². The first-order valence-corrected chi connectivity index (χ1v) is 8.00. The van der Waals surface area contributed by atoms with Gasteiger partial charge in [-0.15, -0.1) is 0 Å². The molecule has 0 spiro atoms. The Hall–Kier alpha value is -1.79. The second kappa shape index (κ2) is 6.54. The van der Waals surface area contributed by atoms with Crippen molar-refractivity contribution in [2.24, 2.45) is 0 Å². The number of benzene rings is 2. The monoisotopic (exact) mass is 423 g/mol. The molecule has 0 saturated carbocycles. The molecule has 0 bridgehead atoms. The van der Waals surface area contributed by atoms with Gasteiger partial charge in [0, 0.05) is 19.8 Å². The van der Waals surface area contributed by atoms with Crippen LogP contribution in [0.1, 0.15) is 10.6 Å². The third-order valence-corrected chi connectivity index (χ3v) is 4.03. The number of hydrogen-bond donors (Lipinski definition) is 1. The molecule has 3 nitrogen and oxygen atoms in total. The molecule has 22 heavy (non-hydrogen) atoms. The van der Waals surface area contributed by atoms with Gasteiger partial charge in [0.1, 0.15) is 5.76 Å². The molecule has 2 aromatic carbocycles. The van der Waals surface area contributed by atoms with Crippen molar-refractivity contribution >= 4 is 45.8 Å². The minimum atomic E-state index is -0.276. The van der Waals surface area contributed by atoms with E-state index in [9.17, 15) is 4.79 Å². The molecule has 0 unspecified atom stereocenters. The van der Waals surface area contributed by atoms with E-state index < -0.39 is 0 Å². The van der Waals surface area contributed by atoms with E-state index >= 15 is 0 Å². The molecule has 1 N–H and O–H groups in total. The van der Waals surface area contributed by atoms with Crippen molar-refractivity contribution in [3.05, 3.63) is 75.0 Å². The highest BCUT2D eigenvalue weighted by Crippen LogP contribution is 2.24. The van der Waals surface area contributed by atoms with E-state index in [1.54, 1.807) is 24.3 Å². The summed E-state index contributed by atoms with van der Waals surface area (Å²) in [6.07, 6.45) is 0.